The third-order valence-electron chi connectivity index (χ3n) is 30.3. The average molecular weight is 2000 g/mol. The van der Waals surface area contributed by atoms with E-state index in [0.29, 0.717) is 101 Å². The molecule has 0 unspecified atom stereocenters. The summed E-state index contributed by atoms with van der Waals surface area (Å²) < 4.78 is 57.7. The molecule has 8 fully saturated rings. The molecule has 13 atom stereocenters. The number of aliphatic hydroxyl groups excluding tert-OH is 4. The van der Waals surface area contributed by atoms with Gasteiger partial charge in [0.2, 0.25) is 33.3 Å². The average Bonchev–Trinajstić information content (AvgIpc) is 1.50. The molecule has 0 spiro atoms. The van der Waals surface area contributed by atoms with Crippen molar-refractivity contribution in [1.82, 2.24) is 0 Å². The second-order valence-corrected chi connectivity index (χ2v) is 63.4. The van der Waals surface area contributed by atoms with Crippen molar-refractivity contribution in [2.75, 3.05) is 78.7 Å². The Balaban J connectivity index is 0.000000190. The van der Waals surface area contributed by atoms with Crippen molar-refractivity contribution in [2.45, 2.75) is 337 Å². The molecular formula is C109H162N6O21Si4. The molecule has 2 aliphatic carbocycles. The van der Waals surface area contributed by atoms with E-state index in [4.69, 9.17) is 46.1 Å². The van der Waals surface area contributed by atoms with Crippen molar-refractivity contribution >= 4 is 109 Å². The zero-order valence-electron chi connectivity index (χ0n) is 88.5. The van der Waals surface area contributed by atoms with Crippen LogP contribution in [-0.4, -0.2) is 224 Å². The number of rotatable bonds is 39. The Labute approximate surface area is 837 Å². The summed E-state index contributed by atoms with van der Waals surface area (Å²) in [6.07, 6.45) is 3.93. The highest BCUT2D eigenvalue weighted by atomic mass is 28.4. The maximum Gasteiger partial charge on any atom is 0.258 e. The van der Waals surface area contributed by atoms with Gasteiger partial charge < -0.3 is 95.8 Å². The number of ether oxygens (including phenoxy) is 6. The molecule has 27 nitrogen and oxygen atoms in total. The van der Waals surface area contributed by atoms with E-state index in [1.807, 2.05) is 83.8 Å². The van der Waals surface area contributed by atoms with Crippen molar-refractivity contribution in [3.63, 3.8) is 0 Å². The van der Waals surface area contributed by atoms with Crippen molar-refractivity contribution in [3.05, 3.63) is 171 Å². The Morgan fingerprint density at radius 1 is 0.300 bits per heavy atom. The maximum absolute atomic E-state index is 13.2. The molecule has 6 amide bonds. The second-order valence-electron chi connectivity index (χ2n) is 41.7. The minimum atomic E-state index is -2.31. The minimum Gasteiger partial charge on any atom is -0.497 e. The Bertz CT molecular complexity index is 4870. The van der Waals surface area contributed by atoms with Gasteiger partial charge in [0.15, 0.2) is 18.3 Å². The van der Waals surface area contributed by atoms with Gasteiger partial charge in [-0.25, -0.2) is 0 Å². The molecule has 31 heteroatoms. The number of β-lactam (4-membered cyclic amide) rings is 6. The molecule has 140 heavy (non-hydrogen) atoms. The molecule has 4 N–H and O–H groups in total. The Hall–Kier alpha value is -9.36. The first-order valence-electron chi connectivity index (χ1n) is 50.1. The van der Waals surface area contributed by atoms with Gasteiger partial charge in [-0.05, 0) is 250 Å². The Morgan fingerprint density at radius 3 is 0.771 bits per heavy atom. The molecule has 2 saturated carbocycles. The summed E-state index contributed by atoms with van der Waals surface area (Å²) in [6, 6.07) is 42.6. The van der Waals surface area contributed by atoms with Crippen LogP contribution in [0.1, 0.15) is 192 Å². The summed E-state index contributed by atoms with van der Waals surface area (Å²) in [7, 11) is 0.930. The van der Waals surface area contributed by atoms with Crippen LogP contribution in [0.2, 0.25) is 66.5 Å². The summed E-state index contributed by atoms with van der Waals surface area (Å²) in [6.45, 7) is 60.2. The lowest BCUT2D eigenvalue weighted by atomic mass is 9.92. The minimum absolute atomic E-state index is 0.0177. The zero-order valence-corrected chi connectivity index (χ0v) is 92.5. The number of carbonyl (C=O) groups is 7. The number of methoxy groups -OCH3 is 6. The van der Waals surface area contributed by atoms with E-state index in [9.17, 15) is 54.0 Å². The molecule has 6 aromatic rings. The van der Waals surface area contributed by atoms with Gasteiger partial charge in [-0.15, -0.1) is 13.2 Å². The van der Waals surface area contributed by atoms with Crippen LogP contribution < -0.4 is 57.8 Å². The van der Waals surface area contributed by atoms with Crippen LogP contribution in [0, 0.1) is 11.8 Å². The van der Waals surface area contributed by atoms with Gasteiger partial charge in [0.05, 0.1) is 79.5 Å². The molecule has 6 aliphatic heterocycles. The fourth-order valence-electron chi connectivity index (χ4n) is 23.0. The number of amides is 6. The van der Waals surface area contributed by atoms with Crippen molar-refractivity contribution < 1.29 is 100 Å². The van der Waals surface area contributed by atoms with Crippen LogP contribution in [0.25, 0.3) is 0 Å². The first kappa shape index (κ1) is 114. The first-order valence-corrected chi connectivity index (χ1v) is 58.6. The third kappa shape index (κ3) is 23.2. The molecule has 6 saturated heterocycles. The predicted octanol–water partition coefficient (Wildman–Crippen LogP) is 20.2. The van der Waals surface area contributed by atoms with E-state index in [1.165, 1.54) is 27.5 Å². The number of hydrogen-bond acceptors (Lipinski definition) is 21. The number of nitrogens with zero attached hydrogens (tertiary/aromatic N) is 6. The third-order valence-corrected chi connectivity index (χ3v) is 54.6. The fourth-order valence-corrected chi connectivity index (χ4v) is 45.0. The lowest BCUT2D eigenvalue weighted by Gasteiger charge is -2.54. The smallest absolute Gasteiger partial charge is 0.258 e. The van der Waals surface area contributed by atoms with Crippen LogP contribution in [-0.2, 0) is 51.3 Å². The van der Waals surface area contributed by atoms with Gasteiger partial charge >= 0.3 is 0 Å². The zero-order chi connectivity index (χ0) is 104. The van der Waals surface area contributed by atoms with Crippen molar-refractivity contribution in [3.8, 4) is 34.5 Å². The van der Waals surface area contributed by atoms with Crippen molar-refractivity contribution in [1.29, 1.82) is 0 Å². The SMILES string of the molecule is C=C[C@H]1[C@@H](O)C(=O)N1c1ccc(OC)cc1.C=C[C@H]1[C@@H](O[Si](C(C)C)(C(C)C)C(C)C)C(=O)N1c1ccc(OC)cc1.COc1ccc(N2C(=O)[C@H](O)[C@@H]2C2CC2)cc1.COc1ccc(N2C(=O)[C@H](O[Si](C(C)C)(C(C)C)C(C)C)[C@@H]2C2CC2)cc1.COc1ccc(N2C(=O)[C@H](O[Si](C(C)C)(C(C)C)C(C)C)[C@@H]2C=O)cc1.COc1ccc(N2C(=O)[C@H](O[Si](C(C)C)(C(C)C)C(C)C)[C@@H]2[C@H](O)CO)cc1. The number of hydrogen-bond donors (Lipinski definition) is 4. The number of carbonyl (C=O) groups excluding carboxylic acids is 7. The number of aldehydes is 1. The summed E-state index contributed by atoms with van der Waals surface area (Å²) in [5.74, 6) is 4.92. The molecule has 6 aromatic carbocycles. The lowest BCUT2D eigenvalue weighted by Crippen LogP contribution is -2.73. The molecule has 0 radical (unpaired) electrons. The molecular weight excluding hydrogens is 1840 g/mol. The standard InChI is InChI=1S/C22H35NO3Si.C21H35NO5Si.C21H33NO3Si.C20H31NO4Si.C13H15NO3.C12H13NO3/c1-14(2)27(15(3)4,16(5)6)26-21-20(17-8-9-17)23(22(21)24)18-10-12-19(25-7)13-11-18;1-13(2)28(14(3)4,15(5)6)27-20-19(18(24)12-23)22(21(20)25)16-8-10-17(26-7)11-9-16;1-9-19-20(25-26(14(2)3,15(4)5)16(6)7)21(23)22(19)17-10-12-18(24-8)13-11-17;1-13(2)26(14(3)4,15(5)6)25-19-18(12-22)21(20(19)23)16-8-10-17(24-7)11-9-16;1-17-10-6-4-9(5-7-10)14-11(8-2-3-8)12(15)13(14)16;1-3-10-11(14)12(15)13(10)8-4-6-9(16-2)7-5-8/h10-17,20-21H,8-9H2,1-7H3;8-11,13-15,18-20,23-24H,12H2,1-7H3;9-16,19-20H,1H2,2-8H3;8-15,18-19H,1-7H3;4-8,11-12,15H,2-3H2,1H3;3-7,10-11,14H,1H2,2H3/t20-,21+;18-,19+,20-;19-,20+;18-,19+;11-,12+;10-,11+/m010000/s1. The van der Waals surface area contributed by atoms with E-state index >= 15 is 0 Å². The van der Waals surface area contributed by atoms with Crippen molar-refractivity contribution in [2.24, 2.45) is 11.8 Å². The highest BCUT2D eigenvalue weighted by Crippen LogP contribution is 2.54. The van der Waals surface area contributed by atoms with Gasteiger partial charge in [-0.3, -0.25) is 33.7 Å². The molecule has 6 heterocycles. The number of aliphatic hydroxyl groups is 4. The molecule has 0 bridgehead atoms. The second kappa shape index (κ2) is 48.8. The Morgan fingerprint density at radius 2 is 0.514 bits per heavy atom. The van der Waals surface area contributed by atoms with Gasteiger partial charge in [-0.1, -0.05) is 178 Å². The normalized spacial score (nSPS) is 22.6. The number of anilines is 6. The Kier molecular flexibility index (Phi) is 39.8. The van der Waals surface area contributed by atoms with Gasteiger partial charge in [0.1, 0.15) is 71.2 Å². The maximum atomic E-state index is 13.2. The van der Waals surface area contributed by atoms with Crippen LogP contribution >= 0.6 is 0 Å². The largest absolute Gasteiger partial charge is 0.497 e. The summed E-state index contributed by atoms with van der Waals surface area (Å²) in [5.41, 5.74) is 9.57. The highest BCUT2D eigenvalue weighted by molar-refractivity contribution is 6.79. The predicted molar refractivity (Wildman–Crippen MR) is 566 cm³/mol. The van der Waals surface area contributed by atoms with E-state index in [0.717, 1.165) is 64.9 Å². The van der Waals surface area contributed by atoms with Crippen LogP contribution in [0.3, 0.4) is 0 Å². The quantitative estimate of drug-likeness (QED) is 0.0121. The summed E-state index contributed by atoms with van der Waals surface area (Å²) in [4.78, 5) is 97.1. The van der Waals surface area contributed by atoms with Crippen LogP contribution in [0.5, 0.6) is 34.5 Å². The van der Waals surface area contributed by atoms with Gasteiger partial charge in [0, 0.05) is 34.1 Å². The highest BCUT2D eigenvalue weighted by Gasteiger charge is 2.63. The molecule has 0 aromatic heterocycles. The lowest BCUT2D eigenvalue weighted by molar-refractivity contribution is -0.141. The first-order chi connectivity index (χ1) is 66.1. The summed E-state index contributed by atoms with van der Waals surface area (Å²) in [5, 5.41) is 39.2. The van der Waals surface area contributed by atoms with E-state index in [1.54, 1.807) is 131 Å². The van der Waals surface area contributed by atoms with E-state index in [-0.39, 0.29) is 65.7 Å². The molecule has 14 rings (SSSR count). The van der Waals surface area contributed by atoms with E-state index < -0.39 is 88.6 Å². The summed E-state index contributed by atoms with van der Waals surface area (Å²) >= 11 is 0. The van der Waals surface area contributed by atoms with Crippen LogP contribution in [0.4, 0.5) is 34.1 Å². The van der Waals surface area contributed by atoms with Crippen LogP contribution in [0.15, 0.2) is 171 Å². The number of benzene rings is 6. The topological polar surface area (TPSA) is 312 Å². The molecule has 8 aliphatic rings. The monoisotopic (exact) mass is 2000 g/mol. The van der Waals surface area contributed by atoms with Gasteiger partial charge in [-0.2, -0.15) is 0 Å². The van der Waals surface area contributed by atoms with E-state index in [2.05, 4.69) is 179 Å². The fraction of sp³-hybridized carbons (Fsp3) is 0.569. The van der Waals surface area contributed by atoms with Gasteiger partial charge in [0.25, 0.3) is 35.4 Å². The molecule has 770 valence electrons.